The highest BCUT2D eigenvalue weighted by atomic mass is 35.5. The number of piperidine rings is 1. The highest BCUT2D eigenvalue weighted by Crippen LogP contribution is 2.43. The number of aromatic hydroxyl groups is 1. The van der Waals surface area contributed by atoms with E-state index in [0.717, 1.165) is 104 Å². The fraction of sp³-hybridized carbons (Fsp3) is 0.485. The summed E-state index contributed by atoms with van der Waals surface area (Å²) in [6.45, 7) is 28.9. The second-order valence-electron chi connectivity index (χ2n) is 25.0. The summed E-state index contributed by atoms with van der Waals surface area (Å²) in [4.78, 5) is 68.3. The third kappa shape index (κ3) is 14.5. The van der Waals surface area contributed by atoms with Gasteiger partial charge in [-0.05, 0) is 129 Å². The second-order valence-corrected chi connectivity index (χ2v) is 26.2. The van der Waals surface area contributed by atoms with Gasteiger partial charge in [0.25, 0.3) is 0 Å². The van der Waals surface area contributed by atoms with E-state index in [1.54, 1.807) is 33.3 Å². The Morgan fingerprint density at radius 1 is 0.907 bits per heavy atom. The number of anilines is 1. The number of aryl methyl sites for hydroxylation is 1. The fourth-order valence-electron chi connectivity index (χ4n) is 12.9. The van der Waals surface area contributed by atoms with Crippen LogP contribution in [0.15, 0.2) is 97.2 Å². The number of nitrogens with one attached hydrogen (secondary N) is 2. The maximum Gasteiger partial charge on any atom is 0.319 e. The molecule has 0 aliphatic carbocycles. The van der Waals surface area contributed by atoms with E-state index in [2.05, 4.69) is 74.7 Å². The molecule has 4 fully saturated rings. The van der Waals surface area contributed by atoms with Gasteiger partial charge in [-0.3, -0.25) is 24.2 Å². The Hall–Kier alpha value is -6.74. The van der Waals surface area contributed by atoms with Crippen molar-refractivity contribution in [2.24, 2.45) is 11.3 Å². The lowest BCUT2D eigenvalue weighted by atomic mass is 9.85. The number of nitrogens with zero attached hydrogens (tertiary/aromatic N) is 9. The van der Waals surface area contributed by atoms with Crippen molar-refractivity contribution in [3.63, 3.8) is 0 Å². The van der Waals surface area contributed by atoms with Gasteiger partial charge in [-0.25, -0.2) is 9.37 Å². The normalized spacial score (nSPS) is 19.6. The van der Waals surface area contributed by atoms with E-state index in [1.807, 2.05) is 69.3 Å². The number of carbonyl (C=O) groups is 3. The van der Waals surface area contributed by atoms with Gasteiger partial charge in [0.2, 0.25) is 17.7 Å². The summed E-state index contributed by atoms with van der Waals surface area (Å²) in [6, 6.07) is 19.4. The number of β-amino-alcohol motifs (C(OH)–C–C–N with tert-alkyl or cyclic N) is 1. The zero-order valence-corrected chi connectivity index (χ0v) is 52.1. The first-order chi connectivity index (χ1) is 41.2. The van der Waals surface area contributed by atoms with Crippen molar-refractivity contribution in [2.45, 2.75) is 104 Å². The number of carbonyl (C=O) groups excluding carboxylic acids is 3. The molecule has 4 saturated heterocycles. The van der Waals surface area contributed by atoms with Gasteiger partial charge >= 0.3 is 6.01 Å². The van der Waals surface area contributed by atoms with E-state index in [1.165, 1.54) is 12.1 Å². The Balaban J connectivity index is 0.678. The van der Waals surface area contributed by atoms with Crippen LogP contribution in [0.1, 0.15) is 84.0 Å². The number of thiazole rings is 1. The molecule has 0 radical (unpaired) electrons. The molecule has 4 aromatic carbocycles. The van der Waals surface area contributed by atoms with Crippen molar-refractivity contribution in [1.29, 1.82) is 0 Å². The Labute approximate surface area is 513 Å². The highest BCUT2D eigenvalue weighted by Gasteiger charge is 2.43. The monoisotopic (exact) mass is 1210 g/mol. The number of benzene rings is 4. The average Bonchev–Trinajstić information content (AvgIpc) is 1.05. The minimum Gasteiger partial charge on any atom is -0.508 e. The summed E-state index contributed by atoms with van der Waals surface area (Å²) >= 11 is 8.59. The van der Waals surface area contributed by atoms with Crippen molar-refractivity contribution >= 4 is 68.2 Å². The molecule has 0 unspecified atom stereocenters. The Bertz CT molecular complexity index is 3430. The molecule has 4 N–H and O–H groups in total. The standard InChI is InChI=1S/C66H83ClFN11O6S/c1-9-57(83)77-29-31-78(32-30-77)63-53-36-54(67)58(52-34-49(80)33-48-14-10-11-15-51(48)52)59(68)60(53)72-65(73-63)85-41(2)37-75-23-20-45(21-24-75)13-12-22-74-25-27-76(28-26-74)39-56(82)71-62(66(6,7)8)64(84)79-38-50(81)35-55(79)43(4)70-42(3)46-16-18-47(19-17-46)61-44(5)69-40-86-61/h9-11,14-19,33-34,36,40-42,45,50,55,62,70,80-81H,1,4,12-13,20-32,35,37-39H2,2-3,5-8H3,(H,71,82)/t41-,42+,50-,55+,62-/m1/s1. The number of phenols is 1. The summed E-state index contributed by atoms with van der Waals surface area (Å²) < 4.78 is 23.7. The number of phenolic OH excluding ortho intramolecular Hbond substituents is 1. The third-order valence-electron chi connectivity index (χ3n) is 17.7. The maximum absolute atomic E-state index is 17.2. The number of ether oxygens (including phenoxy) is 1. The second kappa shape index (κ2) is 27.1. The number of fused-ring (bicyclic) bond motifs is 2. The molecule has 6 heterocycles. The summed E-state index contributed by atoms with van der Waals surface area (Å²) in [5, 5.41) is 30.3. The number of halogens is 2. The Kier molecular flexibility index (Phi) is 19.6. The molecule has 0 bridgehead atoms. The van der Waals surface area contributed by atoms with Crippen LogP contribution >= 0.6 is 22.9 Å². The van der Waals surface area contributed by atoms with E-state index in [-0.39, 0.29) is 70.8 Å². The Morgan fingerprint density at radius 3 is 2.30 bits per heavy atom. The lowest BCUT2D eigenvalue weighted by molar-refractivity contribution is -0.140. The van der Waals surface area contributed by atoms with Crippen LogP contribution < -0.4 is 20.3 Å². The van der Waals surface area contributed by atoms with Crippen LogP contribution in [0.2, 0.25) is 5.02 Å². The minimum atomic E-state index is -0.793. The molecule has 10 rings (SSSR count). The molecule has 17 nitrogen and oxygen atoms in total. The number of piperazine rings is 2. The molecular weight excluding hydrogens is 1130 g/mol. The van der Waals surface area contributed by atoms with Crippen LogP contribution in [0.3, 0.4) is 0 Å². The lowest BCUT2D eigenvalue weighted by Crippen LogP contribution is -2.58. The molecule has 6 aromatic rings. The molecule has 86 heavy (non-hydrogen) atoms. The van der Waals surface area contributed by atoms with Gasteiger partial charge in [-0.2, -0.15) is 9.97 Å². The number of aromatic nitrogens is 3. The van der Waals surface area contributed by atoms with Crippen LogP contribution in [0.25, 0.3) is 43.2 Å². The smallest absolute Gasteiger partial charge is 0.319 e. The van der Waals surface area contributed by atoms with Crippen molar-refractivity contribution in [2.75, 3.05) is 96.5 Å². The van der Waals surface area contributed by atoms with Gasteiger partial charge in [-0.15, -0.1) is 11.3 Å². The average molecular weight is 1210 g/mol. The van der Waals surface area contributed by atoms with Crippen LogP contribution in [0.5, 0.6) is 11.8 Å². The SMILES string of the molecule is C=CC(=O)N1CCN(c2nc(O[C@H](C)CN3CCC(CCCN4CCN(CC(=O)N[C@H](C(=O)N5C[C@H](O)C[C@H]5C(=C)N[C@@H](C)c5ccc(-c6scnc6C)cc5)C(C)(C)C)CC4)CC3)nc3c(F)c(-c4cc(O)cc5ccccc45)c(Cl)cc23)CC1. The molecular formula is C66H83ClFN11O6S. The van der Waals surface area contributed by atoms with E-state index in [9.17, 15) is 24.6 Å². The lowest BCUT2D eigenvalue weighted by Gasteiger charge is -2.38. The van der Waals surface area contributed by atoms with Crippen LogP contribution in [0, 0.1) is 24.1 Å². The van der Waals surface area contributed by atoms with E-state index in [0.29, 0.717) is 67.5 Å². The molecule has 5 atom stereocenters. The molecule has 3 amide bonds. The van der Waals surface area contributed by atoms with E-state index in [4.69, 9.17) is 26.3 Å². The summed E-state index contributed by atoms with van der Waals surface area (Å²) in [5.41, 5.74) is 5.75. The van der Waals surface area contributed by atoms with Gasteiger partial charge in [-0.1, -0.05) is 94.1 Å². The molecule has 4 aliphatic heterocycles. The zero-order chi connectivity index (χ0) is 61.0. The van der Waals surface area contributed by atoms with Crippen molar-refractivity contribution in [3.8, 4) is 33.3 Å². The number of hydrogen-bond donors (Lipinski definition) is 4. The largest absolute Gasteiger partial charge is 0.508 e. The predicted molar refractivity (Wildman–Crippen MR) is 340 cm³/mol. The number of rotatable bonds is 20. The quantitative estimate of drug-likeness (QED) is 0.0531. The first-order valence-electron chi connectivity index (χ1n) is 30.4. The summed E-state index contributed by atoms with van der Waals surface area (Å²) in [7, 11) is 0. The first-order valence-corrected chi connectivity index (χ1v) is 31.6. The van der Waals surface area contributed by atoms with Crippen LogP contribution in [0.4, 0.5) is 10.2 Å². The number of amides is 3. The Morgan fingerprint density at radius 2 is 1.62 bits per heavy atom. The van der Waals surface area contributed by atoms with Crippen molar-refractivity contribution in [3.05, 3.63) is 119 Å². The van der Waals surface area contributed by atoms with Gasteiger partial charge < -0.3 is 45.2 Å². The molecule has 4 aliphatic rings. The maximum atomic E-state index is 17.2. The van der Waals surface area contributed by atoms with E-state index < -0.39 is 29.4 Å². The number of hydrogen-bond acceptors (Lipinski definition) is 15. The third-order valence-corrected chi connectivity index (χ3v) is 19.0. The number of aliphatic hydroxyl groups excluding tert-OH is 1. The summed E-state index contributed by atoms with van der Waals surface area (Å²) in [6.07, 6.45) is 5.06. The highest BCUT2D eigenvalue weighted by molar-refractivity contribution is 7.13. The first kappa shape index (κ1) is 62.3. The molecule has 2 aromatic heterocycles. The zero-order valence-electron chi connectivity index (χ0n) is 50.5. The summed E-state index contributed by atoms with van der Waals surface area (Å²) in [5.74, 6) is -0.123. The van der Waals surface area contributed by atoms with Crippen molar-refractivity contribution in [1.82, 2.24) is 50.1 Å². The number of likely N-dealkylation sites (tertiary alicyclic amines) is 2. The molecule has 0 saturated carbocycles. The van der Waals surface area contributed by atoms with Gasteiger partial charge in [0.15, 0.2) is 5.82 Å². The minimum absolute atomic E-state index is 0.0133. The topological polar surface area (TPSA) is 183 Å². The molecule has 0 spiro atoms. The van der Waals surface area contributed by atoms with Crippen LogP contribution in [-0.4, -0.2) is 183 Å². The molecule has 458 valence electrons. The van der Waals surface area contributed by atoms with E-state index >= 15 is 4.39 Å². The van der Waals surface area contributed by atoms with Gasteiger partial charge in [0.05, 0.1) is 39.8 Å². The fourth-order valence-corrected chi connectivity index (χ4v) is 14.0. The van der Waals surface area contributed by atoms with Gasteiger partial charge in [0, 0.05) is 94.6 Å². The van der Waals surface area contributed by atoms with Crippen molar-refractivity contribution < 1.29 is 33.7 Å². The number of aliphatic hydroxyl groups is 1. The molecule has 20 heteroatoms. The predicted octanol–water partition coefficient (Wildman–Crippen LogP) is 9.45. The van der Waals surface area contributed by atoms with Gasteiger partial charge in [0.1, 0.15) is 29.2 Å². The van der Waals surface area contributed by atoms with Crippen LogP contribution in [-0.2, 0) is 14.4 Å².